The van der Waals surface area contributed by atoms with Crippen LogP contribution in [-0.4, -0.2) is 48.6 Å². The van der Waals surface area contributed by atoms with Crippen molar-refractivity contribution >= 4 is 32.6 Å². The van der Waals surface area contributed by atoms with E-state index in [2.05, 4.69) is 43.9 Å². The molecule has 6 heteroatoms. The molecule has 0 saturated carbocycles. The average Bonchev–Trinajstić information content (AvgIpc) is 3.26. The van der Waals surface area contributed by atoms with Crippen molar-refractivity contribution in [3.8, 4) is 5.75 Å². The number of hydrogen-bond acceptors (Lipinski definition) is 5. The van der Waals surface area contributed by atoms with E-state index in [4.69, 9.17) is 9.72 Å². The number of para-hydroxylation sites is 1. The normalized spacial score (nSPS) is 14.4. The first-order chi connectivity index (χ1) is 15.6. The lowest BCUT2D eigenvalue weighted by Crippen LogP contribution is -2.48. The number of anilines is 1. The molecule has 2 aromatic carbocycles. The number of ether oxygens (including phenoxy) is 1. The van der Waals surface area contributed by atoms with Crippen LogP contribution in [0.1, 0.15) is 61.9 Å². The summed E-state index contributed by atoms with van der Waals surface area (Å²) in [5.74, 6) is 1.31. The van der Waals surface area contributed by atoms with Crippen LogP contribution < -0.4 is 9.64 Å². The Balaban J connectivity index is 1.38. The van der Waals surface area contributed by atoms with E-state index in [1.54, 1.807) is 11.3 Å². The van der Waals surface area contributed by atoms with Crippen molar-refractivity contribution < 1.29 is 9.53 Å². The summed E-state index contributed by atoms with van der Waals surface area (Å²) in [4.78, 5) is 22.3. The molecule has 1 aromatic heterocycles. The predicted octanol–water partition coefficient (Wildman–Crippen LogP) is 5.95. The molecule has 0 spiro atoms. The van der Waals surface area contributed by atoms with Gasteiger partial charge in [0.15, 0.2) is 5.13 Å². The van der Waals surface area contributed by atoms with Gasteiger partial charge < -0.3 is 14.5 Å². The number of carbonyl (C=O) groups excluding carboxylic acids is 1. The zero-order valence-electron chi connectivity index (χ0n) is 19.3. The molecule has 32 heavy (non-hydrogen) atoms. The minimum atomic E-state index is 0.0788. The highest BCUT2D eigenvalue weighted by Gasteiger charge is 2.24. The number of hydrogen-bond donors (Lipinski definition) is 0. The molecule has 2 heterocycles. The van der Waals surface area contributed by atoms with Crippen LogP contribution in [0.4, 0.5) is 5.13 Å². The maximum Gasteiger partial charge on any atom is 0.254 e. The molecule has 1 saturated heterocycles. The summed E-state index contributed by atoms with van der Waals surface area (Å²) in [5, 5.41) is 1.06. The van der Waals surface area contributed by atoms with Gasteiger partial charge in [0.05, 0.1) is 16.8 Å². The molecule has 0 aliphatic carbocycles. The van der Waals surface area contributed by atoms with Gasteiger partial charge in [0.25, 0.3) is 5.91 Å². The molecule has 0 atom stereocenters. The lowest BCUT2D eigenvalue weighted by Gasteiger charge is -2.34. The van der Waals surface area contributed by atoms with Gasteiger partial charge in [-0.05, 0) is 42.2 Å². The molecule has 170 valence electrons. The number of fused-ring (bicyclic) bond motifs is 1. The number of thiazole rings is 1. The average molecular weight is 452 g/mol. The number of piperazine rings is 1. The van der Waals surface area contributed by atoms with Crippen molar-refractivity contribution in [1.82, 2.24) is 9.88 Å². The second-order valence-electron chi connectivity index (χ2n) is 8.71. The van der Waals surface area contributed by atoms with E-state index < -0.39 is 0 Å². The Morgan fingerprint density at radius 2 is 1.88 bits per heavy atom. The summed E-state index contributed by atoms with van der Waals surface area (Å²) in [7, 11) is 0. The zero-order valence-corrected chi connectivity index (χ0v) is 20.2. The minimum absolute atomic E-state index is 0.0788. The van der Waals surface area contributed by atoms with Gasteiger partial charge >= 0.3 is 0 Å². The van der Waals surface area contributed by atoms with E-state index in [1.807, 2.05) is 29.2 Å². The van der Waals surface area contributed by atoms with Crippen molar-refractivity contribution in [2.45, 2.75) is 46.0 Å². The maximum absolute atomic E-state index is 13.1. The predicted molar refractivity (Wildman–Crippen MR) is 133 cm³/mol. The molecule has 4 rings (SSSR count). The number of nitrogens with zero attached hydrogens (tertiary/aromatic N) is 3. The van der Waals surface area contributed by atoms with E-state index in [1.165, 1.54) is 16.7 Å². The van der Waals surface area contributed by atoms with Crippen molar-refractivity contribution in [3.05, 3.63) is 53.6 Å². The van der Waals surface area contributed by atoms with E-state index in [0.717, 1.165) is 42.3 Å². The molecule has 1 amide bonds. The van der Waals surface area contributed by atoms with Gasteiger partial charge in [-0.2, -0.15) is 0 Å². The van der Waals surface area contributed by atoms with Crippen LogP contribution in [0.15, 0.2) is 42.5 Å². The van der Waals surface area contributed by atoms with Crippen molar-refractivity contribution in [3.63, 3.8) is 0 Å². The molecule has 0 bridgehead atoms. The Bertz CT molecular complexity index is 1050. The lowest BCUT2D eigenvalue weighted by molar-refractivity contribution is 0.0746. The summed E-state index contributed by atoms with van der Waals surface area (Å²) >= 11 is 1.75. The Morgan fingerprint density at radius 1 is 1.09 bits per heavy atom. The Labute approximate surface area is 195 Å². The summed E-state index contributed by atoms with van der Waals surface area (Å²) in [6, 6.07) is 14.0. The SMILES string of the molecule is CCCCCOc1cccc(C(=O)N2CCN(c3nc4c(C(C)C)cccc4s3)CC2)c1. The standard InChI is InChI=1S/C26H33N3O2S/c1-4-5-6-17-31-21-10-7-9-20(18-21)25(30)28-13-15-29(16-14-28)26-27-24-22(19(2)3)11-8-12-23(24)32-26/h7-12,18-19H,4-6,13-17H2,1-3H3. The molecule has 5 nitrogen and oxygen atoms in total. The number of carbonyl (C=O) groups is 1. The molecule has 0 N–H and O–H groups in total. The Hall–Kier alpha value is -2.60. The first-order valence-electron chi connectivity index (χ1n) is 11.7. The van der Waals surface area contributed by atoms with Gasteiger partial charge in [-0.25, -0.2) is 4.98 Å². The monoisotopic (exact) mass is 451 g/mol. The number of amides is 1. The van der Waals surface area contributed by atoms with Gasteiger partial charge in [0.1, 0.15) is 5.75 Å². The first kappa shape index (κ1) is 22.6. The fourth-order valence-electron chi connectivity index (χ4n) is 4.10. The Kier molecular flexibility index (Phi) is 7.30. The van der Waals surface area contributed by atoms with Gasteiger partial charge in [-0.3, -0.25) is 4.79 Å². The zero-order chi connectivity index (χ0) is 22.5. The quantitative estimate of drug-likeness (QED) is 0.397. The molecule has 1 fully saturated rings. The third-order valence-electron chi connectivity index (χ3n) is 6.00. The van der Waals surface area contributed by atoms with Gasteiger partial charge in [0, 0.05) is 31.7 Å². The van der Waals surface area contributed by atoms with Crippen LogP contribution in [0.5, 0.6) is 5.75 Å². The fourth-order valence-corrected chi connectivity index (χ4v) is 5.16. The smallest absolute Gasteiger partial charge is 0.254 e. The summed E-state index contributed by atoms with van der Waals surface area (Å²) in [6.07, 6.45) is 3.38. The highest BCUT2D eigenvalue weighted by molar-refractivity contribution is 7.22. The first-order valence-corrected chi connectivity index (χ1v) is 12.5. The van der Waals surface area contributed by atoms with Crippen molar-refractivity contribution in [2.24, 2.45) is 0 Å². The van der Waals surface area contributed by atoms with Crippen molar-refractivity contribution in [2.75, 3.05) is 37.7 Å². The number of unbranched alkanes of at least 4 members (excludes halogenated alkanes) is 2. The van der Waals surface area contributed by atoms with Crippen LogP contribution in [0.3, 0.4) is 0 Å². The molecule has 0 unspecified atom stereocenters. The highest BCUT2D eigenvalue weighted by atomic mass is 32.1. The largest absolute Gasteiger partial charge is 0.494 e. The molecular formula is C26H33N3O2S. The highest BCUT2D eigenvalue weighted by Crippen LogP contribution is 2.33. The summed E-state index contributed by atoms with van der Waals surface area (Å²) in [5.41, 5.74) is 3.13. The fraction of sp³-hybridized carbons (Fsp3) is 0.462. The van der Waals surface area contributed by atoms with Crippen LogP contribution in [-0.2, 0) is 0 Å². The molecular weight excluding hydrogens is 418 g/mol. The third kappa shape index (κ3) is 5.07. The Morgan fingerprint density at radius 3 is 2.62 bits per heavy atom. The van der Waals surface area contributed by atoms with E-state index in [-0.39, 0.29) is 5.91 Å². The van der Waals surface area contributed by atoms with Crippen LogP contribution in [0.25, 0.3) is 10.2 Å². The number of benzene rings is 2. The molecule has 1 aliphatic heterocycles. The van der Waals surface area contributed by atoms with Gasteiger partial charge in [-0.15, -0.1) is 0 Å². The topological polar surface area (TPSA) is 45.7 Å². The lowest BCUT2D eigenvalue weighted by atomic mass is 10.0. The second kappa shape index (κ2) is 10.3. The third-order valence-corrected chi connectivity index (χ3v) is 7.08. The van der Waals surface area contributed by atoms with Crippen LogP contribution in [0.2, 0.25) is 0 Å². The number of rotatable bonds is 8. The summed E-state index contributed by atoms with van der Waals surface area (Å²) < 4.78 is 7.07. The molecule has 0 radical (unpaired) electrons. The second-order valence-corrected chi connectivity index (χ2v) is 9.72. The van der Waals surface area contributed by atoms with Crippen molar-refractivity contribution in [1.29, 1.82) is 0 Å². The van der Waals surface area contributed by atoms with E-state index >= 15 is 0 Å². The van der Waals surface area contributed by atoms with Gasteiger partial charge in [0.2, 0.25) is 0 Å². The van der Waals surface area contributed by atoms with Crippen LogP contribution in [0, 0.1) is 0 Å². The number of aromatic nitrogens is 1. The molecule has 1 aliphatic rings. The van der Waals surface area contributed by atoms with Crippen LogP contribution >= 0.6 is 11.3 Å². The van der Waals surface area contributed by atoms with E-state index in [0.29, 0.717) is 31.2 Å². The van der Waals surface area contributed by atoms with Gasteiger partial charge in [-0.1, -0.05) is 63.1 Å². The van der Waals surface area contributed by atoms with E-state index in [9.17, 15) is 4.79 Å². The minimum Gasteiger partial charge on any atom is -0.494 e. The summed E-state index contributed by atoms with van der Waals surface area (Å²) in [6.45, 7) is 10.3. The molecule has 3 aromatic rings. The maximum atomic E-state index is 13.1.